The van der Waals surface area contributed by atoms with Crippen LogP contribution in [0.5, 0.6) is 0 Å². The van der Waals surface area contributed by atoms with Crippen molar-refractivity contribution in [3.8, 4) is 0 Å². The second-order valence-electron chi connectivity index (χ2n) is 7.39. The Morgan fingerprint density at radius 3 is 2.21 bits per heavy atom. The van der Waals surface area contributed by atoms with Crippen LogP contribution in [0.15, 0.2) is 49.1 Å². The Kier molecular flexibility index (Phi) is 9.24. The van der Waals surface area contributed by atoms with Gasteiger partial charge in [-0.1, -0.05) is 18.2 Å². The quantitative estimate of drug-likeness (QED) is 0.237. The van der Waals surface area contributed by atoms with E-state index in [1.807, 2.05) is 0 Å². The lowest BCUT2D eigenvalue weighted by Crippen LogP contribution is -2.51. The number of imide groups is 1. The molecule has 0 saturated heterocycles. The van der Waals surface area contributed by atoms with Gasteiger partial charge in [0.2, 0.25) is 17.7 Å². The minimum atomic E-state index is -1.12. The highest BCUT2D eigenvalue weighted by molar-refractivity contribution is 6.13. The van der Waals surface area contributed by atoms with Gasteiger partial charge in [0.25, 0.3) is 11.8 Å². The van der Waals surface area contributed by atoms with Gasteiger partial charge in [0, 0.05) is 37.7 Å². The van der Waals surface area contributed by atoms with Gasteiger partial charge in [0.05, 0.1) is 0 Å². The van der Waals surface area contributed by atoms with Crippen LogP contribution in [0, 0.1) is 0 Å². The van der Waals surface area contributed by atoms with Gasteiger partial charge in [-0.2, -0.15) is 0 Å². The highest BCUT2D eigenvalue weighted by atomic mass is 16.5. The maximum Gasteiger partial charge on any atom is 0.302 e. The SMILES string of the molecule is C=C[C@H](NC(=O)CCN1C(=O)C=CC1=O)C(=O)N[C@@H](C)C(=O)Nc1ccc(COC(C)=O)cc1. The molecule has 1 aromatic carbocycles. The predicted octanol–water partition coefficient (Wildman–Crippen LogP) is 0.179. The summed E-state index contributed by atoms with van der Waals surface area (Å²) in [6.07, 6.45) is 3.24. The molecule has 180 valence electrons. The number of hydrogen-bond donors (Lipinski definition) is 3. The van der Waals surface area contributed by atoms with E-state index in [-0.39, 0.29) is 19.6 Å². The number of esters is 1. The average molecular weight is 470 g/mol. The Morgan fingerprint density at radius 2 is 1.65 bits per heavy atom. The molecule has 0 radical (unpaired) electrons. The highest BCUT2D eigenvalue weighted by Gasteiger charge is 2.25. The van der Waals surface area contributed by atoms with Crippen molar-refractivity contribution in [3.63, 3.8) is 0 Å². The van der Waals surface area contributed by atoms with Crippen LogP contribution in [0.3, 0.4) is 0 Å². The Bertz CT molecular complexity index is 999. The van der Waals surface area contributed by atoms with Crippen LogP contribution in [0.1, 0.15) is 25.8 Å². The molecule has 1 aliphatic heterocycles. The van der Waals surface area contributed by atoms with Crippen LogP contribution < -0.4 is 16.0 Å². The van der Waals surface area contributed by atoms with Crippen LogP contribution in [-0.4, -0.2) is 59.0 Å². The molecule has 11 nitrogen and oxygen atoms in total. The summed E-state index contributed by atoms with van der Waals surface area (Å²) in [5, 5.41) is 7.57. The monoisotopic (exact) mass is 470 g/mol. The first-order chi connectivity index (χ1) is 16.1. The molecule has 0 spiro atoms. The number of nitrogens with one attached hydrogen (secondary N) is 3. The summed E-state index contributed by atoms with van der Waals surface area (Å²) in [5.74, 6) is -3.13. The zero-order valence-corrected chi connectivity index (χ0v) is 18.8. The van der Waals surface area contributed by atoms with Gasteiger partial charge in [0.1, 0.15) is 18.7 Å². The Labute approximate surface area is 196 Å². The molecule has 3 N–H and O–H groups in total. The number of rotatable bonds is 11. The van der Waals surface area contributed by atoms with E-state index in [1.165, 1.54) is 19.9 Å². The first kappa shape index (κ1) is 26.0. The molecule has 0 fully saturated rings. The number of anilines is 1. The number of carbonyl (C=O) groups excluding carboxylic acids is 6. The molecule has 2 atom stereocenters. The van der Waals surface area contributed by atoms with E-state index in [4.69, 9.17) is 4.74 Å². The molecular weight excluding hydrogens is 444 g/mol. The van der Waals surface area contributed by atoms with E-state index in [9.17, 15) is 28.8 Å². The smallest absolute Gasteiger partial charge is 0.302 e. The van der Waals surface area contributed by atoms with Gasteiger partial charge in [-0.3, -0.25) is 33.7 Å². The van der Waals surface area contributed by atoms with E-state index in [2.05, 4.69) is 22.5 Å². The maximum atomic E-state index is 12.5. The second-order valence-corrected chi connectivity index (χ2v) is 7.39. The lowest BCUT2D eigenvalue weighted by atomic mass is 10.2. The molecule has 0 saturated carbocycles. The largest absolute Gasteiger partial charge is 0.461 e. The number of ether oxygens (including phenoxy) is 1. The van der Waals surface area contributed by atoms with Gasteiger partial charge < -0.3 is 20.7 Å². The molecular formula is C23H26N4O7. The van der Waals surface area contributed by atoms with Crippen molar-refractivity contribution in [2.24, 2.45) is 0 Å². The summed E-state index contributed by atoms with van der Waals surface area (Å²) >= 11 is 0. The molecule has 5 amide bonds. The van der Waals surface area contributed by atoms with Crippen LogP contribution >= 0.6 is 0 Å². The van der Waals surface area contributed by atoms with Crippen molar-refractivity contribution in [1.82, 2.24) is 15.5 Å². The van der Waals surface area contributed by atoms with Gasteiger partial charge in [0.15, 0.2) is 0 Å². The number of nitrogens with zero attached hydrogens (tertiary/aromatic N) is 1. The molecule has 0 aliphatic carbocycles. The summed E-state index contributed by atoms with van der Waals surface area (Å²) in [4.78, 5) is 71.8. The van der Waals surface area contributed by atoms with E-state index in [0.717, 1.165) is 22.6 Å². The first-order valence-electron chi connectivity index (χ1n) is 10.4. The molecule has 11 heteroatoms. The van der Waals surface area contributed by atoms with Crippen molar-refractivity contribution in [1.29, 1.82) is 0 Å². The minimum Gasteiger partial charge on any atom is -0.461 e. The standard InChI is InChI=1S/C23H26N4O7/c1-4-18(26-19(29)11-12-27-20(30)9-10-21(27)31)23(33)24-14(2)22(32)25-17-7-5-16(6-8-17)13-34-15(3)28/h4-10,14,18H,1,11-13H2,2-3H3,(H,24,33)(H,25,32)(H,26,29)/t14-,18-/m0/s1. The van der Waals surface area contributed by atoms with Crippen molar-refractivity contribution in [2.75, 3.05) is 11.9 Å². The normalized spacial score (nSPS) is 14.2. The summed E-state index contributed by atoms with van der Waals surface area (Å²) in [5.41, 5.74) is 1.22. The number of benzene rings is 1. The Balaban J connectivity index is 1.81. The van der Waals surface area contributed by atoms with Crippen molar-refractivity contribution in [3.05, 3.63) is 54.6 Å². The summed E-state index contributed by atoms with van der Waals surface area (Å²) < 4.78 is 4.89. The van der Waals surface area contributed by atoms with Crippen LogP contribution in [0.2, 0.25) is 0 Å². The highest BCUT2D eigenvalue weighted by Crippen LogP contribution is 2.11. The molecule has 0 unspecified atom stereocenters. The number of hydrogen-bond acceptors (Lipinski definition) is 7. The fourth-order valence-electron chi connectivity index (χ4n) is 2.83. The summed E-state index contributed by atoms with van der Waals surface area (Å²) in [7, 11) is 0. The fourth-order valence-corrected chi connectivity index (χ4v) is 2.83. The molecule has 34 heavy (non-hydrogen) atoms. The van der Waals surface area contributed by atoms with Crippen LogP contribution in [0.4, 0.5) is 5.69 Å². The molecule has 0 bridgehead atoms. The molecule has 1 aliphatic rings. The molecule has 2 rings (SSSR count). The third-order valence-corrected chi connectivity index (χ3v) is 4.71. The Morgan fingerprint density at radius 1 is 1.03 bits per heavy atom. The predicted molar refractivity (Wildman–Crippen MR) is 121 cm³/mol. The van der Waals surface area contributed by atoms with Gasteiger partial charge >= 0.3 is 5.97 Å². The van der Waals surface area contributed by atoms with Crippen LogP contribution in [-0.2, 0) is 40.1 Å². The zero-order chi connectivity index (χ0) is 25.3. The first-order valence-corrected chi connectivity index (χ1v) is 10.4. The van der Waals surface area contributed by atoms with E-state index in [0.29, 0.717) is 5.69 Å². The lowest BCUT2D eigenvalue weighted by Gasteiger charge is -2.19. The number of carbonyl (C=O) groups is 6. The third kappa shape index (κ3) is 7.69. The van der Waals surface area contributed by atoms with Crippen molar-refractivity contribution >= 4 is 41.2 Å². The molecule has 1 heterocycles. The average Bonchev–Trinajstić information content (AvgIpc) is 3.12. The van der Waals surface area contributed by atoms with E-state index >= 15 is 0 Å². The van der Waals surface area contributed by atoms with Gasteiger partial charge in [-0.15, -0.1) is 6.58 Å². The van der Waals surface area contributed by atoms with Gasteiger partial charge in [-0.25, -0.2) is 0 Å². The second kappa shape index (κ2) is 12.1. The summed E-state index contributed by atoms with van der Waals surface area (Å²) in [6.45, 7) is 6.29. The van der Waals surface area contributed by atoms with Crippen molar-refractivity contribution < 1.29 is 33.5 Å². The zero-order valence-electron chi connectivity index (χ0n) is 18.8. The summed E-state index contributed by atoms with van der Waals surface area (Å²) in [6, 6.07) is 4.58. The van der Waals surface area contributed by atoms with E-state index < -0.39 is 47.6 Å². The Hall–Kier alpha value is -4.28. The topological polar surface area (TPSA) is 151 Å². The van der Waals surface area contributed by atoms with Crippen LogP contribution in [0.25, 0.3) is 0 Å². The van der Waals surface area contributed by atoms with Gasteiger partial charge in [-0.05, 0) is 24.6 Å². The maximum absolute atomic E-state index is 12.5. The minimum absolute atomic E-state index is 0.117. The molecule has 0 aromatic heterocycles. The van der Waals surface area contributed by atoms with E-state index in [1.54, 1.807) is 24.3 Å². The molecule has 1 aromatic rings. The lowest BCUT2D eigenvalue weighted by molar-refractivity contribution is -0.142. The number of amides is 5. The van der Waals surface area contributed by atoms with Crippen molar-refractivity contribution in [2.45, 2.75) is 39.0 Å². The fraction of sp³-hybridized carbons (Fsp3) is 0.304. The third-order valence-electron chi connectivity index (χ3n) is 4.71.